The van der Waals surface area contributed by atoms with Crippen LogP contribution in [0.5, 0.6) is 0 Å². The zero-order chi connectivity index (χ0) is 15.5. The van der Waals surface area contributed by atoms with Crippen molar-refractivity contribution < 1.29 is 9.53 Å². The second-order valence-corrected chi connectivity index (χ2v) is 6.93. The molecule has 1 atom stereocenters. The number of carbonyl (C=O) groups is 1. The van der Waals surface area contributed by atoms with Gasteiger partial charge in [-0.25, -0.2) is 4.79 Å². The molecule has 1 heterocycles. The number of rotatable bonds is 3. The van der Waals surface area contributed by atoms with Crippen molar-refractivity contribution in [2.24, 2.45) is 0 Å². The Morgan fingerprint density at radius 3 is 2.33 bits per heavy atom. The zero-order valence-corrected chi connectivity index (χ0v) is 13.5. The minimum atomic E-state index is -1.81. The van der Waals surface area contributed by atoms with Crippen LogP contribution in [-0.4, -0.2) is 14.7 Å². The zero-order valence-electron chi connectivity index (χ0n) is 10.5. The maximum Gasteiger partial charge on any atom is 0.338 e. The summed E-state index contributed by atoms with van der Waals surface area (Å²) in [4.78, 5) is 16.1. The molecule has 1 aromatic carbocycles. The molecule has 1 unspecified atom stereocenters. The first kappa shape index (κ1) is 16.4. The van der Waals surface area contributed by atoms with Gasteiger partial charge in [0.2, 0.25) is 3.79 Å². The summed E-state index contributed by atoms with van der Waals surface area (Å²) in [5.41, 5.74) is 0.794. The molecule has 0 aliphatic heterocycles. The first-order valence-electron chi connectivity index (χ1n) is 5.81. The SMILES string of the molecule is O=C(OC(c1cccnc1)C(Cl)(Cl)Cl)c1ccc(Cl)cc1. The smallest absolute Gasteiger partial charge is 0.338 e. The molecule has 7 heteroatoms. The molecule has 21 heavy (non-hydrogen) atoms. The van der Waals surface area contributed by atoms with E-state index in [0.29, 0.717) is 16.1 Å². The maximum atomic E-state index is 12.1. The van der Waals surface area contributed by atoms with Crippen LogP contribution < -0.4 is 0 Å². The first-order valence-corrected chi connectivity index (χ1v) is 7.32. The van der Waals surface area contributed by atoms with Crippen LogP contribution in [0.1, 0.15) is 22.0 Å². The molecule has 0 bridgehead atoms. The van der Waals surface area contributed by atoms with Gasteiger partial charge in [-0.2, -0.15) is 0 Å². The lowest BCUT2D eigenvalue weighted by molar-refractivity contribution is 0.0304. The highest BCUT2D eigenvalue weighted by Gasteiger charge is 2.37. The van der Waals surface area contributed by atoms with Crippen molar-refractivity contribution in [2.45, 2.75) is 9.90 Å². The van der Waals surface area contributed by atoms with Crippen molar-refractivity contribution in [3.63, 3.8) is 0 Å². The highest BCUT2D eigenvalue weighted by molar-refractivity contribution is 6.68. The van der Waals surface area contributed by atoms with E-state index in [1.54, 1.807) is 30.5 Å². The number of aromatic nitrogens is 1. The lowest BCUT2D eigenvalue weighted by Gasteiger charge is -2.24. The summed E-state index contributed by atoms with van der Waals surface area (Å²) in [6, 6.07) is 9.54. The number of hydrogen-bond acceptors (Lipinski definition) is 3. The number of pyridine rings is 1. The normalized spacial score (nSPS) is 12.8. The molecule has 0 aliphatic carbocycles. The summed E-state index contributed by atoms with van der Waals surface area (Å²) in [6.45, 7) is 0. The number of halogens is 4. The Labute approximate surface area is 141 Å². The monoisotopic (exact) mass is 363 g/mol. The van der Waals surface area contributed by atoms with E-state index in [4.69, 9.17) is 51.1 Å². The maximum absolute atomic E-state index is 12.1. The topological polar surface area (TPSA) is 39.2 Å². The molecule has 0 N–H and O–H groups in total. The van der Waals surface area contributed by atoms with Gasteiger partial charge in [-0.15, -0.1) is 0 Å². The van der Waals surface area contributed by atoms with Gasteiger partial charge in [0, 0.05) is 23.0 Å². The van der Waals surface area contributed by atoms with Gasteiger partial charge in [-0.1, -0.05) is 52.5 Å². The molecule has 3 nitrogen and oxygen atoms in total. The van der Waals surface area contributed by atoms with Crippen LogP contribution in [-0.2, 0) is 4.74 Å². The Bertz CT molecular complexity index is 611. The highest BCUT2D eigenvalue weighted by Crippen LogP contribution is 2.42. The summed E-state index contributed by atoms with van der Waals surface area (Å²) in [7, 11) is 0. The minimum Gasteiger partial charge on any atom is -0.449 e. The minimum absolute atomic E-state index is 0.308. The van der Waals surface area contributed by atoms with E-state index in [1.165, 1.54) is 18.3 Å². The standard InChI is InChI=1S/C14H9Cl4NO2/c15-11-5-3-9(4-6-11)13(20)21-12(14(16,17)18)10-2-1-7-19-8-10/h1-8,12H. The van der Waals surface area contributed by atoms with Gasteiger partial charge in [0.15, 0.2) is 6.10 Å². The fourth-order valence-corrected chi connectivity index (χ4v) is 2.25. The van der Waals surface area contributed by atoms with Crippen molar-refractivity contribution in [3.05, 3.63) is 64.9 Å². The van der Waals surface area contributed by atoms with Crippen LogP contribution >= 0.6 is 46.4 Å². The van der Waals surface area contributed by atoms with Gasteiger partial charge in [-0.05, 0) is 30.3 Å². The predicted molar refractivity (Wildman–Crippen MR) is 84.1 cm³/mol. The average Bonchev–Trinajstić information content (AvgIpc) is 2.45. The summed E-state index contributed by atoms with van der Waals surface area (Å²) in [6.07, 6.45) is 1.97. The third-order valence-corrected chi connectivity index (χ3v) is 3.44. The van der Waals surface area contributed by atoms with Crippen LogP contribution in [0.25, 0.3) is 0 Å². The summed E-state index contributed by atoms with van der Waals surface area (Å²) in [5.74, 6) is -0.619. The lowest BCUT2D eigenvalue weighted by atomic mass is 10.2. The van der Waals surface area contributed by atoms with E-state index >= 15 is 0 Å². The largest absolute Gasteiger partial charge is 0.449 e. The molecule has 0 fully saturated rings. The molecular formula is C14H9Cl4NO2. The Morgan fingerprint density at radius 1 is 1.14 bits per heavy atom. The number of nitrogens with zero attached hydrogens (tertiary/aromatic N) is 1. The molecule has 0 aliphatic rings. The summed E-state index contributed by atoms with van der Waals surface area (Å²) in [5, 5.41) is 0.511. The van der Waals surface area contributed by atoms with Gasteiger partial charge < -0.3 is 4.74 Å². The van der Waals surface area contributed by atoms with Crippen LogP contribution in [0.2, 0.25) is 5.02 Å². The number of carbonyl (C=O) groups excluding carboxylic acids is 1. The van der Waals surface area contributed by atoms with Gasteiger partial charge >= 0.3 is 5.97 Å². The molecular weight excluding hydrogens is 356 g/mol. The quantitative estimate of drug-likeness (QED) is 0.568. The predicted octanol–water partition coefficient (Wildman–Crippen LogP) is 5.00. The van der Waals surface area contributed by atoms with E-state index < -0.39 is 15.9 Å². The summed E-state index contributed by atoms with van der Waals surface area (Å²) < 4.78 is 3.49. The number of hydrogen-bond donors (Lipinski definition) is 0. The molecule has 2 aromatic rings. The van der Waals surface area contributed by atoms with Gasteiger partial charge in [0.05, 0.1) is 5.56 Å². The third kappa shape index (κ3) is 4.48. The van der Waals surface area contributed by atoms with Gasteiger partial charge in [0.1, 0.15) is 0 Å². The van der Waals surface area contributed by atoms with Crippen LogP contribution in [0.4, 0.5) is 0 Å². The molecule has 1 aromatic heterocycles. The number of esters is 1. The summed E-state index contributed by atoms with van der Waals surface area (Å²) >= 11 is 23.5. The number of alkyl halides is 3. The Hall–Kier alpha value is -1.000. The fourth-order valence-electron chi connectivity index (χ4n) is 1.62. The first-order chi connectivity index (χ1) is 9.88. The molecule has 0 saturated heterocycles. The van der Waals surface area contributed by atoms with Crippen molar-refractivity contribution in [2.75, 3.05) is 0 Å². The second-order valence-electron chi connectivity index (χ2n) is 4.12. The van der Waals surface area contributed by atoms with Crippen molar-refractivity contribution in [3.8, 4) is 0 Å². The third-order valence-electron chi connectivity index (χ3n) is 2.59. The van der Waals surface area contributed by atoms with E-state index in [0.717, 1.165) is 0 Å². The molecule has 0 spiro atoms. The van der Waals surface area contributed by atoms with E-state index in [1.807, 2.05) is 0 Å². The Kier molecular flexibility index (Phi) is 5.33. The van der Waals surface area contributed by atoms with E-state index in [-0.39, 0.29) is 0 Å². The molecule has 0 radical (unpaired) electrons. The van der Waals surface area contributed by atoms with E-state index in [9.17, 15) is 4.79 Å². The van der Waals surface area contributed by atoms with Crippen LogP contribution in [0.3, 0.4) is 0 Å². The van der Waals surface area contributed by atoms with Crippen molar-refractivity contribution in [1.29, 1.82) is 0 Å². The molecule has 2 rings (SSSR count). The van der Waals surface area contributed by atoms with Crippen LogP contribution in [0.15, 0.2) is 48.8 Å². The highest BCUT2D eigenvalue weighted by atomic mass is 35.6. The lowest BCUT2D eigenvalue weighted by Crippen LogP contribution is -2.23. The van der Waals surface area contributed by atoms with E-state index in [2.05, 4.69) is 4.98 Å². The fraction of sp³-hybridized carbons (Fsp3) is 0.143. The molecule has 110 valence electrons. The van der Waals surface area contributed by atoms with Gasteiger partial charge in [-0.3, -0.25) is 4.98 Å². The Balaban J connectivity index is 2.24. The molecule has 0 amide bonds. The molecule has 0 saturated carbocycles. The van der Waals surface area contributed by atoms with Gasteiger partial charge in [0.25, 0.3) is 0 Å². The number of ether oxygens (including phenoxy) is 1. The number of benzene rings is 1. The Morgan fingerprint density at radius 2 is 1.81 bits per heavy atom. The second kappa shape index (κ2) is 6.84. The van der Waals surface area contributed by atoms with Crippen molar-refractivity contribution >= 4 is 52.4 Å². The van der Waals surface area contributed by atoms with Crippen molar-refractivity contribution in [1.82, 2.24) is 4.98 Å². The average molecular weight is 365 g/mol. The van der Waals surface area contributed by atoms with Crippen LogP contribution in [0, 0.1) is 0 Å².